The first kappa shape index (κ1) is 16.3. The summed E-state index contributed by atoms with van der Waals surface area (Å²) in [7, 11) is -3.10. The number of rotatable bonds is 5. The predicted octanol–water partition coefficient (Wildman–Crippen LogP) is 4.11. The number of benzene rings is 1. The average Bonchev–Trinajstić information content (AvgIpc) is 2.43. The smallest absolute Gasteiger partial charge is 0.178 e. The monoisotopic (exact) mass is 309 g/mol. The molecule has 0 bridgehead atoms. The zero-order valence-electron chi connectivity index (χ0n) is 13.3. The topological polar surface area (TPSA) is 46.2 Å². The minimum atomic E-state index is -3.10. The quantitative estimate of drug-likeness (QED) is 0.890. The summed E-state index contributed by atoms with van der Waals surface area (Å²) in [6.07, 6.45) is 4.31. The molecule has 3 unspecified atom stereocenters. The van der Waals surface area contributed by atoms with E-state index in [4.69, 9.17) is 0 Å². The van der Waals surface area contributed by atoms with Crippen LogP contribution in [0, 0.1) is 11.8 Å². The molecule has 0 spiro atoms. The Bertz CT molecular complexity index is 551. The van der Waals surface area contributed by atoms with Gasteiger partial charge >= 0.3 is 0 Å². The lowest BCUT2D eigenvalue weighted by Gasteiger charge is -2.33. The first-order chi connectivity index (χ1) is 9.92. The average molecular weight is 309 g/mol. The second kappa shape index (κ2) is 6.82. The van der Waals surface area contributed by atoms with E-state index in [9.17, 15) is 8.42 Å². The molecule has 3 nitrogen and oxygen atoms in total. The summed E-state index contributed by atoms with van der Waals surface area (Å²) in [4.78, 5) is 0.431. The van der Waals surface area contributed by atoms with Crippen molar-refractivity contribution in [2.75, 3.05) is 11.1 Å². The van der Waals surface area contributed by atoms with E-state index in [1.807, 2.05) is 19.1 Å². The van der Waals surface area contributed by atoms with E-state index in [2.05, 4.69) is 19.2 Å². The maximum Gasteiger partial charge on any atom is 0.178 e. The number of nitrogens with one attached hydrogen (secondary N) is 1. The molecular formula is C17H27NO2S. The van der Waals surface area contributed by atoms with Crippen molar-refractivity contribution in [2.45, 2.75) is 57.4 Å². The van der Waals surface area contributed by atoms with Gasteiger partial charge in [-0.05, 0) is 61.8 Å². The van der Waals surface area contributed by atoms with Crippen LogP contribution in [0.4, 0.5) is 5.69 Å². The molecule has 1 aromatic rings. The number of hydrogen-bond donors (Lipinski definition) is 1. The summed E-state index contributed by atoms with van der Waals surface area (Å²) in [5.74, 6) is 1.78. The Kier molecular flexibility index (Phi) is 5.31. The van der Waals surface area contributed by atoms with Crippen LogP contribution in [0.15, 0.2) is 29.2 Å². The minimum absolute atomic E-state index is 0.220. The molecule has 1 saturated carbocycles. The second-order valence-electron chi connectivity index (χ2n) is 6.45. The van der Waals surface area contributed by atoms with Crippen molar-refractivity contribution in [3.05, 3.63) is 24.3 Å². The molecule has 0 heterocycles. The van der Waals surface area contributed by atoms with Gasteiger partial charge in [-0.25, -0.2) is 8.42 Å². The lowest BCUT2D eigenvalue weighted by Crippen LogP contribution is -2.30. The summed E-state index contributed by atoms with van der Waals surface area (Å²) < 4.78 is 24.0. The molecule has 0 saturated heterocycles. The number of anilines is 1. The van der Waals surface area contributed by atoms with Crippen molar-refractivity contribution < 1.29 is 8.42 Å². The lowest BCUT2D eigenvalue weighted by atomic mass is 9.79. The van der Waals surface area contributed by atoms with Crippen LogP contribution in [0.5, 0.6) is 0 Å². The Morgan fingerprint density at radius 3 is 2.33 bits per heavy atom. The van der Waals surface area contributed by atoms with E-state index >= 15 is 0 Å². The van der Waals surface area contributed by atoms with Crippen LogP contribution in [0.1, 0.15) is 46.5 Å². The third-order valence-electron chi connectivity index (χ3n) is 4.66. The van der Waals surface area contributed by atoms with Gasteiger partial charge in [-0.15, -0.1) is 0 Å². The molecule has 2 rings (SSSR count). The molecule has 1 N–H and O–H groups in total. The van der Waals surface area contributed by atoms with Crippen molar-refractivity contribution >= 4 is 15.5 Å². The zero-order valence-corrected chi connectivity index (χ0v) is 14.1. The Morgan fingerprint density at radius 2 is 1.76 bits per heavy atom. The van der Waals surface area contributed by atoms with Gasteiger partial charge in [0.15, 0.2) is 9.84 Å². The molecule has 0 aromatic heterocycles. The van der Waals surface area contributed by atoms with Gasteiger partial charge in [-0.1, -0.05) is 20.8 Å². The van der Waals surface area contributed by atoms with Crippen LogP contribution in [0.3, 0.4) is 0 Å². The summed E-state index contributed by atoms with van der Waals surface area (Å²) in [6.45, 7) is 6.53. The fourth-order valence-electron chi connectivity index (χ4n) is 3.06. The highest BCUT2D eigenvalue weighted by Crippen LogP contribution is 2.31. The van der Waals surface area contributed by atoms with Crippen molar-refractivity contribution in [1.82, 2.24) is 0 Å². The predicted molar refractivity (Wildman–Crippen MR) is 88.4 cm³/mol. The van der Waals surface area contributed by atoms with Crippen LogP contribution in [0.2, 0.25) is 0 Å². The first-order valence-electron chi connectivity index (χ1n) is 8.01. The Morgan fingerprint density at radius 1 is 1.10 bits per heavy atom. The second-order valence-corrected chi connectivity index (χ2v) is 8.56. The maximum atomic E-state index is 12.0. The van der Waals surface area contributed by atoms with E-state index in [0.29, 0.717) is 17.4 Å². The normalized spacial score (nSPS) is 26.5. The maximum absolute atomic E-state index is 12.0. The molecule has 1 aromatic carbocycles. The summed E-state index contributed by atoms with van der Waals surface area (Å²) in [5.41, 5.74) is 1.03. The van der Waals surface area contributed by atoms with Gasteiger partial charge in [0, 0.05) is 11.7 Å². The third-order valence-corrected chi connectivity index (χ3v) is 6.59. The van der Waals surface area contributed by atoms with Crippen molar-refractivity contribution in [3.8, 4) is 0 Å². The molecule has 3 atom stereocenters. The van der Waals surface area contributed by atoms with Gasteiger partial charge in [0.05, 0.1) is 10.6 Å². The molecular weight excluding hydrogens is 282 g/mol. The molecule has 4 heteroatoms. The van der Waals surface area contributed by atoms with Gasteiger partial charge in [0.25, 0.3) is 0 Å². The fraction of sp³-hybridized carbons (Fsp3) is 0.647. The van der Waals surface area contributed by atoms with Crippen LogP contribution in [-0.4, -0.2) is 20.2 Å². The van der Waals surface area contributed by atoms with Gasteiger partial charge in [0.2, 0.25) is 0 Å². The van der Waals surface area contributed by atoms with Crippen molar-refractivity contribution in [3.63, 3.8) is 0 Å². The van der Waals surface area contributed by atoms with E-state index in [1.165, 1.54) is 19.3 Å². The molecule has 0 radical (unpaired) electrons. The van der Waals surface area contributed by atoms with Crippen LogP contribution in [0.25, 0.3) is 0 Å². The third kappa shape index (κ3) is 4.22. The number of hydrogen-bond acceptors (Lipinski definition) is 3. The molecule has 1 fully saturated rings. The van der Waals surface area contributed by atoms with Crippen LogP contribution >= 0.6 is 0 Å². The molecule has 1 aliphatic rings. The molecule has 21 heavy (non-hydrogen) atoms. The van der Waals surface area contributed by atoms with Crippen molar-refractivity contribution in [1.29, 1.82) is 0 Å². The van der Waals surface area contributed by atoms with E-state index in [-0.39, 0.29) is 5.75 Å². The van der Waals surface area contributed by atoms with Gasteiger partial charge < -0.3 is 5.32 Å². The molecule has 1 aliphatic carbocycles. The molecule has 0 amide bonds. The standard InChI is InChI=1S/C17H27NO2S/c1-4-11-21(19,20)17-9-7-15(8-10-17)18-16-6-5-13(2)14(3)12-16/h7-10,13-14,16,18H,4-6,11-12H2,1-3H3. The van der Waals surface area contributed by atoms with Crippen LogP contribution < -0.4 is 5.32 Å². The highest BCUT2D eigenvalue weighted by molar-refractivity contribution is 7.91. The lowest BCUT2D eigenvalue weighted by molar-refractivity contribution is 0.261. The zero-order chi connectivity index (χ0) is 15.5. The van der Waals surface area contributed by atoms with E-state index in [0.717, 1.165) is 17.5 Å². The largest absolute Gasteiger partial charge is 0.382 e. The van der Waals surface area contributed by atoms with Gasteiger partial charge in [-0.2, -0.15) is 0 Å². The highest BCUT2D eigenvalue weighted by atomic mass is 32.2. The van der Waals surface area contributed by atoms with E-state index < -0.39 is 9.84 Å². The SMILES string of the molecule is CCCS(=O)(=O)c1ccc(NC2CCC(C)C(C)C2)cc1. The summed E-state index contributed by atoms with van der Waals surface area (Å²) in [6, 6.07) is 7.75. The van der Waals surface area contributed by atoms with Crippen molar-refractivity contribution in [2.24, 2.45) is 11.8 Å². The van der Waals surface area contributed by atoms with Crippen LogP contribution in [-0.2, 0) is 9.84 Å². The number of sulfone groups is 1. The Hall–Kier alpha value is -1.03. The molecule has 0 aliphatic heterocycles. The van der Waals surface area contributed by atoms with E-state index in [1.54, 1.807) is 12.1 Å². The summed E-state index contributed by atoms with van der Waals surface area (Å²) in [5, 5.41) is 3.55. The van der Waals surface area contributed by atoms with Gasteiger partial charge in [-0.3, -0.25) is 0 Å². The fourth-order valence-corrected chi connectivity index (χ4v) is 4.38. The molecule has 118 valence electrons. The first-order valence-corrected chi connectivity index (χ1v) is 9.67. The van der Waals surface area contributed by atoms with Gasteiger partial charge in [0.1, 0.15) is 0 Å². The highest BCUT2D eigenvalue weighted by Gasteiger charge is 2.24. The minimum Gasteiger partial charge on any atom is -0.382 e. The Labute approximate surface area is 129 Å². The Balaban J connectivity index is 2.00. The summed E-state index contributed by atoms with van der Waals surface area (Å²) >= 11 is 0.